The predicted octanol–water partition coefficient (Wildman–Crippen LogP) is 0.799. The average Bonchev–Trinajstić information content (AvgIpc) is 3.03. The van der Waals surface area contributed by atoms with Crippen LogP contribution in [0.4, 0.5) is 0 Å². The Bertz CT molecular complexity index is 695. The van der Waals surface area contributed by atoms with Crippen LogP contribution in [-0.4, -0.2) is 32.0 Å². The largest absolute Gasteiger partial charge is 0.288 e. The standard InChI is InChI=1S/C14H14N3O2S/c18-20(19,14-16-9-10-17-14)13-7-2-1-5-11(13)12-6-3-4-8-15-12/h1-6,8,14,16-17H,9-10H2. The number of nitrogens with zero attached hydrogens (tertiary/aromatic N) is 1. The third kappa shape index (κ3) is 2.33. The van der Waals surface area contributed by atoms with E-state index >= 15 is 0 Å². The molecule has 1 radical (unpaired) electrons. The maximum absolute atomic E-state index is 12.6. The Hall–Kier alpha value is -1.76. The number of aromatic nitrogens is 1. The summed E-state index contributed by atoms with van der Waals surface area (Å²) < 4.78 is 25.3. The zero-order valence-electron chi connectivity index (χ0n) is 10.7. The maximum Gasteiger partial charge on any atom is 0.209 e. The first-order chi connectivity index (χ1) is 9.69. The van der Waals surface area contributed by atoms with E-state index in [4.69, 9.17) is 0 Å². The van der Waals surface area contributed by atoms with Crippen LogP contribution in [0.2, 0.25) is 0 Å². The second-order valence-corrected chi connectivity index (χ2v) is 6.43. The van der Waals surface area contributed by atoms with Crippen molar-refractivity contribution in [3.63, 3.8) is 0 Å². The first kappa shape index (κ1) is 13.2. The zero-order valence-corrected chi connectivity index (χ0v) is 11.5. The van der Waals surface area contributed by atoms with Gasteiger partial charge in [0.15, 0.2) is 5.50 Å². The van der Waals surface area contributed by atoms with E-state index in [0.717, 1.165) is 0 Å². The van der Waals surface area contributed by atoms with Crippen LogP contribution in [-0.2, 0) is 9.84 Å². The van der Waals surface area contributed by atoms with E-state index in [0.29, 0.717) is 24.3 Å². The van der Waals surface area contributed by atoms with Crippen molar-refractivity contribution >= 4 is 9.84 Å². The minimum absolute atomic E-state index is 0.172. The summed E-state index contributed by atoms with van der Waals surface area (Å²) in [5.74, 6) is 0. The van der Waals surface area contributed by atoms with Crippen LogP contribution in [0.15, 0.2) is 47.5 Å². The van der Waals surface area contributed by atoms with E-state index in [1.165, 1.54) is 0 Å². The van der Waals surface area contributed by atoms with Gasteiger partial charge in [-0.2, -0.15) is 0 Å². The van der Waals surface area contributed by atoms with Crippen LogP contribution < -0.4 is 10.6 Å². The molecule has 2 N–H and O–H groups in total. The van der Waals surface area contributed by atoms with Crippen molar-refractivity contribution in [2.45, 2.75) is 10.4 Å². The Morgan fingerprint density at radius 1 is 1.15 bits per heavy atom. The number of rotatable bonds is 3. The molecule has 0 unspecified atom stereocenters. The first-order valence-corrected chi connectivity index (χ1v) is 7.87. The molecule has 103 valence electrons. The minimum atomic E-state index is -3.54. The lowest BCUT2D eigenvalue weighted by Crippen LogP contribution is -2.39. The van der Waals surface area contributed by atoms with E-state index in [2.05, 4.69) is 21.7 Å². The molecule has 3 rings (SSSR count). The van der Waals surface area contributed by atoms with E-state index in [9.17, 15) is 8.42 Å². The molecule has 0 atom stereocenters. The molecule has 1 aliphatic heterocycles. The lowest BCUT2D eigenvalue weighted by Gasteiger charge is -2.15. The minimum Gasteiger partial charge on any atom is -0.288 e. The quantitative estimate of drug-likeness (QED) is 0.874. The molecule has 1 aromatic heterocycles. The van der Waals surface area contributed by atoms with Gasteiger partial charge in [-0.1, -0.05) is 24.3 Å². The third-order valence-corrected chi connectivity index (χ3v) is 5.00. The van der Waals surface area contributed by atoms with Crippen molar-refractivity contribution in [2.75, 3.05) is 13.1 Å². The van der Waals surface area contributed by atoms with Gasteiger partial charge in [0.1, 0.15) is 0 Å². The number of hydrogen-bond acceptors (Lipinski definition) is 5. The molecule has 1 aliphatic rings. The first-order valence-electron chi connectivity index (χ1n) is 6.32. The van der Waals surface area contributed by atoms with Crippen LogP contribution in [0, 0.1) is 6.07 Å². The molecular weight excluding hydrogens is 274 g/mol. The fourth-order valence-corrected chi connectivity index (χ4v) is 3.82. The summed E-state index contributed by atoms with van der Waals surface area (Å²) in [4.78, 5) is 4.40. The highest BCUT2D eigenvalue weighted by Gasteiger charge is 2.31. The van der Waals surface area contributed by atoms with Gasteiger partial charge in [0.25, 0.3) is 0 Å². The zero-order chi connectivity index (χ0) is 14.0. The summed E-state index contributed by atoms with van der Waals surface area (Å²) in [6.07, 6.45) is 1.64. The Kier molecular flexibility index (Phi) is 3.52. The molecule has 2 aromatic rings. The summed E-state index contributed by atoms with van der Waals surface area (Å²) in [5.41, 5.74) is 0.438. The van der Waals surface area contributed by atoms with Crippen molar-refractivity contribution in [1.29, 1.82) is 0 Å². The van der Waals surface area contributed by atoms with E-state index in [1.54, 1.807) is 36.5 Å². The Labute approximate surface area is 118 Å². The van der Waals surface area contributed by atoms with Crippen LogP contribution in [0.3, 0.4) is 0 Å². The molecule has 1 saturated heterocycles. The summed E-state index contributed by atoms with van der Waals surface area (Å²) in [7, 11) is -3.54. The Balaban J connectivity index is 2.11. The van der Waals surface area contributed by atoms with Gasteiger partial charge in [0, 0.05) is 30.9 Å². The van der Waals surface area contributed by atoms with Crippen LogP contribution in [0.25, 0.3) is 11.3 Å². The molecule has 0 spiro atoms. The SMILES string of the molecule is O=S(=O)(c1[c]cccc1-c1ccccn1)C1NCCN1. The van der Waals surface area contributed by atoms with Crippen LogP contribution in [0.5, 0.6) is 0 Å². The molecular formula is C14H14N3O2S. The lowest BCUT2D eigenvalue weighted by atomic mass is 10.1. The van der Waals surface area contributed by atoms with E-state index < -0.39 is 15.3 Å². The topological polar surface area (TPSA) is 71.1 Å². The molecule has 6 heteroatoms. The third-order valence-electron chi connectivity index (χ3n) is 3.14. The number of pyridine rings is 1. The number of benzene rings is 1. The van der Waals surface area contributed by atoms with Crippen molar-refractivity contribution in [3.05, 3.63) is 48.7 Å². The van der Waals surface area contributed by atoms with Gasteiger partial charge in [-0.25, -0.2) is 8.42 Å². The number of sulfone groups is 1. The molecule has 1 aromatic carbocycles. The molecule has 2 heterocycles. The molecule has 0 aliphatic carbocycles. The highest BCUT2D eigenvalue weighted by atomic mass is 32.2. The maximum atomic E-state index is 12.6. The van der Waals surface area contributed by atoms with Crippen molar-refractivity contribution in [2.24, 2.45) is 0 Å². The smallest absolute Gasteiger partial charge is 0.209 e. The molecule has 0 saturated carbocycles. The van der Waals surface area contributed by atoms with Crippen molar-refractivity contribution in [3.8, 4) is 11.3 Å². The van der Waals surface area contributed by atoms with E-state index in [-0.39, 0.29) is 4.90 Å². The monoisotopic (exact) mass is 288 g/mol. The summed E-state index contributed by atoms with van der Waals surface area (Å²) in [6, 6.07) is 13.4. The molecule has 1 fully saturated rings. The summed E-state index contributed by atoms with van der Waals surface area (Å²) in [6.45, 7) is 1.27. The second-order valence-electron chi connectivity index (χ2n) is 4.46. The molecule has 20 heavy (non-hydrogen) atoms. The summed E-state index contributed by atoms with van der Waals surface area (Å²) in [5, 5.41) is 5.87. The van der Waals surface area contributed by atoms with E-state index in [1.807, 2.05) is 6.07 Å². The number of nitrogens with one attached hydrogen (secondary N) is 2. The van der Waals surface area contributed by atoms with Gasteiger partial charge in [-0.05, 0) is 12.1 Å². The molecule has 0 bridgehead atoms. The molecule has 0 amide bonds. The average molecular weight is 288 g/mol. The van der Waals surface area contributed by atoms with Gasteiger partial charge in [-0.15, -0.1) is 0 Å². The van der Waals surface area contributed by atoms with Gasteiger partial charge in [0.2, 0.25) is 9.84 Å². The molecule has 5 nitrogen and oxygen atoms in total. The fourth-order valence-electron chi connectivity index (χ4n) is 2.20. The predicted molar refractivity (Wildman–Crippen MR) is 75.5 cm³/mol. The van der Waals surface area contributed by atoms with Crippen molar-refractivity contribution in [1.82, 2.24) is 15.6 Å². The Morgan fingerprint density at radius 2 is 1.95 bits per heavy atom. The van der Waals surface area contributed by atoms with Crippen LogP contribution in [0.1, 0.15) is 0 Å². The lowest BCUT2D eigenvalue weighted by molar-refractivity contribution is 0.561. The Morgan fingerprint density at radius 3 is 2.65 bits per heavy atom. The summed E-state index contributed by atoms with van der Waals surface area (Å²) >= 11 is 0. The number of hydrogen-bond donors (Lipinski definition) is 2. The van der Waals surface area contributed by atoms with Gasteiger partial charge in [0.05, 0.1) is 10.6 Å². The van der Waals surface area contributed by atoms with Crippen LogP contribution >= 0.6 is 0 Å². The second kappa shape index (κ2) is 5.32. The normalized spacial score (nSPS) is 16.4. The van der Waals surface area contributed by atoms with Crippen molar-refractivity contribution < 1.29 is 8.42 Å². The van der Waals surface area contributed by atoms with Gasteiger partial charge >= 0.3 is 0 Å². The highest BCUT2D eigenvalue weighted by molar-refractivity contribution is 7.92. The fraction of sp³-hybridized carbons (Fsp3) is 0.214. The van der Waals surface area contributed by atoms with Gasteiger partial charge < -0.3 is 0 Å². The highest BCUT2D eigenvalue weighted by Crippen LogP contribution is 2.27. The van der Waals surface area contributed by atoms with Gasteiger partial charge in [-0.3, -0.25) is 15.6 Å².